The molecule has 10 heteroatoms. The summed E-state index contributed by atoms with van der Waals surface area (Å²) in [4.78, 5) is 35.5. The van der Waals surface area contributed by atoms with Crippen molar-refractivity contribution in [3.63, 3.8) is 0 Å². The molecule has 2 aromatic rings. The van der Waals surface area contributed by atoms with Crippen LogP contribution in [0.2, 0.25) is 5.02 Å². The number of phenols is 1. The van der Waals surface area contributed by atoms with Gasteiger partial charge in [-0.15, -0.1) is 0 Å². The lowest BCUT2D eigenvalue weighted by Gasteiger charge is -2.39. The zero-order valence-corrected chi connectivity index (χ0v) is 20.7. The van der Waals surface area contributed by atoms with Crippen LogP contribution in [0.3, 0.4) is 0 Å². The van der Waals surface area contributed by atoms with Gasteiger partial charge in [0.15, 0.2) is 0 Å². The summed E-state index contributed by atoms with van der Waals surface area (Å²) in [7, 11) is 1.66. The Kier molecular flexibility index (Phi) is 7.00. The van der Waals surface area contributed by atoms with Crippen LogP contribution in [-0.4, -0.2) is 82.0 Å². The smallest absolute Gasteiger partial charge is 0.272 e. The minimum Gasteiger partial charge on any atom is -0.507 e. The molecule has 2 aliphatic heterocycles. The van der Waals surface area contributed by atoms with E-state index in [1.165, 1.54) is 29.2 Å². The Morgan fingerprint density at radius 2 is 2.11 bits per heavy atom. The van der Waals surface area contributed by atoms with Crippen LogP contribution in [0, 0.1) is 5.82 Å². The summed E-state index contributed by atoms with van der Waals surface area (Å²) in [5.41, 5.74) is 0.321. The van der Waals surface area contributed by atoms with Gasteiger partial charge in [0.1, 0.15) is 40.3 Å². The van der Waals surface area contributed by atoms with Crippen LogP contribution in [0.25, 0.3) is 11.3 Å². The summed E-state index contributed by atoms with van der Waals surface area (Å²) in [6.07, 6.45) is 1.29. The first-order chi connectivity index (χ1) is 16.6. The Hall–Kier alpha value is -3.17. The third-order valence-corrected chi connectivity index (χ3v) is 6.94. The first-order valence-corrected chi connectivity index (χ1v) is 11.8. The van der Waals surface area contributed by atoms with Gasteiger partial charge in [-0.1, -0.05) is 24.2 Å². The molecule has 3 heterocycles. The number of carbonyl (C=O) groups is 2. The molecule has 0 radical (unpaired) electrons. The number of carbonyl (C=O) groups excluding carboxylic acids is 2. The molecule has 8 nitrogen and oxygen atoms in total. The average Bonchev–Trinajstić information content (AvgIpc) is 3.03. The van der Waals surface area contributed by atoms with Crippen LogP contribution in [0.15, 0.2) is 30.9 Å². The van der Waals surface area contributed by atoms with Crippen molar-refractivity contribution in [2.75, 3.05) is 33.3 Å². The van der Waals surface area contributed by atoms with Crippen molar-refractivity contribution < 1.29 is 23.8 Å². The topological polar surface area (TPSA) is 86.2 Å². The summed E-state index contributed by atoms with van der Waals surface area (Å²) in [5, 5.41) is 10.4. The third-order valence-electron chi connectivity index (χ3n) is 6.59. The molecule has 1 aromatic heterocycles. The van der Waals surface area contributed by atoms with E-state index in [1.54, 1.807) is 11.9 Å². The Balaban J connectivity index is 1.85. The number of fused-ring (bicyclic) bond motifs is 2. The van der Waals surface area contributed by atoms with E-state index in [1.807, 2.05) is 13.8 Å². The summed E-state index contributed by atoms with van der Waals surface area (Å²) >= 11 is 6.71. The first kappa shape index (κ1) is 24.9. The number of halogens is 2. The summed E-state index contributed by atoms with van der Waals surface area (Å²) in [6, 6.07) is 3.62. The zero-order chi connectivity index (χ0) is 25.4. The molecule has 2 amide bonds. The highest BCUT2D eigenvalue weighted by atomic mass is 35.5. The maximum atomic E-state index is 14.8. The van der Waals surface area contributed by atoms with Crippen LogP contribution < -0.4 is 4.74 Å². The fraction of sp³-hybridized carbons (Fsp3) is 0.400. The molecule has 1 fully saturated rings. The number of aromatic hydroxyl groups is 1. The minimum atomic E-state index is -0.723. The van der Waals surface area contributed by atoms with Gasteiger partial charge in [-0.25, -0.2) is 9.37 Å². The van der Waals surface area contributed by atoms with Gasteiger partial charge in [0.2, 0.25) is 5.91 Å². The number of piperazine rings is 1. The molecule has 0 unspecified atom stereocenters. The number of nitrogens with zero attached hydrogens (tertiary/aromatic N) is 4. The van der Waals surface area contributed by atoms with Gasteiger partial charge >= 0.3 is 0 Å². The van der Waals surface area contributed by atoms with Gasteiger partial charge in [0, 0.05) is 44.8 Å². The molecule has 0 saturated carbocycles. The number of aromatic nitrogens is 1. The highest BCUT2D eigenvalue weighted by Crippen LogP contribution is 2.44. The molecule has 186 valence electrons. The Morgan fingerprint density at radius 3 is 2.77 bits per heavy atom. The number of hydrogen-bond acceptors (Lipinski definition) is 6. The summed E-state index contributed by atoms with van der Waals surface area (Å²) in [5.74, 6) is -1.36. The van der Waals surface area contributed by atoms with Crippen LogP contribution in [0.1, 0.15) is 29.9 Å². The number of rotatable bonds is 4. The Bertz CT molecular complexity index is 1170. The predicted molar refractivity (Wildman–Crippen MR) is 130 cm³/mol. The fourth-order valence-electron chi connectivity index (χ4n) is 4.34. The minimum absolute atomic E-state index is 0.0167. The quantitative estimate of drug-likeness (QED) is 0.645. The molecule has 1 N–H and O–H groups in total. The number of benzene rings is 1. The summed E-state index contributed by atoms with van der Waals surface area (Å²) < 4.78 is 20.9. The molecule has 0 aliphatic carbocycles. The SMILES string of the molecule is C=CC(=O)N1CCN2Cc3c(C(=O)N(C)C(C)C)nc(-c4c(O)cccc4F)c(Cl)c3OC[C@H]2C1. The van der Waals surface area contributed by atoms with Gasteiger partial charge < -0.3 is 19.6 Å². The van der Waals surface area contributed by atoms with Crippen LogP contribution in [0.4, 0.5) is 4.39 Å². The second-order valence-electron chi connectivity index (χ2n) is 9.00. The number of ether oxygens (including phenoxy) is 1. The monoisotopic (exact) mass is 502 g/mol. The molecule has 1 atom stereocenters. The number of pyridine rings is 1. The van der Waals surface area contributed by atoms with Gasteiger partial charge in [-0.3, -0.25) is 14.5 Å². The molecule has 0 bridgehead atoms. The van der Waals surface area contributed by atoms with Crippen LogP contribution >= 0.6 is 11.6 Å². The molecule has 2 aliphatic rings. The van der Waals surface area contributed by atoms with E-state index in [9.17, 15) is 19.1 Å². The maximum absolute atomic E-state index is 14.8. The molecule has 35 heavy (non-hydrogen) atoms. The number of amides is 2. The van der Waals surface area contributed by atoms with Crippen molar-refractivity contribution in [2.45, 2.75) is 32.5 Å². The molecule has 1 saturated heterocycles. The first-order valence-electron chi connectivity index (χ1n) is 11.4. The van der Waals surface area contributed by atoms with Crippen LogP contribution in [-0.2, 0) is 11.3 Å². The molecule has 4 rings (SSSR count). The second-order valence-corrected chi connectivity index (χ2v) is 9.38. The molecule has 1 aromatic carbocycles. The number of phenolic OH excluding ortho intramolecular Hbond substituents is 1. The zero-order valence-electron chi connectivity index (χ0n) is 19.9. The van der Waals surface area contributed by atoms with Gasteiger partial charge in [-0.2, -0.15) is 0 Å². The normalized spacial score (nSPS) is 17.8. The van der Waals surface area contributed by atoms with E-state index in [0.29, 0.717) is 31.7 Å². The van der Waals surface area contributed by atoms with E-state index >= 15 is 0 Å². The highest BCUT2D eigenvalue weighted by Gasteiger charge is 2.37. The van der Waals surface area contributed by atoms with Crippen molar-refractivity contribution in [1.82, 2.24) is 19.7 Å². The molecular formula is C25H28ClFN4O4. The van der Waals surface area contributed by atoms with Crippen molar-refractivity contribution in [3.8, 4) is 22.8 Å². The lowest BCUT2D eigenvalue weighted by Crippen LogP contribution is -2.55. The van der Waals surface area contributed by atoms with E-state index in [2.05, 4.69) is 16.5 Å². The third kappa shape index (κ3) is 4.58. The highest BCUT2D eigenvalue weighted by molar-refractivity contribution is 6.35. The van der Waals surface area contributed by atoms with E-state index < -0.39 is 5.82 Å². The lowest BCUT2D eigenvalue weighted by molar-refractivity contribution is -0.129. The number of hydrogen-bond donors (Lipinski definition) is 1. The Labute approximate surface area is 208 Å². The largest absolute Gasteiger partial charge is 0.507 e. The van der Waals surface area contributed by atoms with Crippen molar-refractivity contribution >= 4 is 23.4 Å². The molecular weight excluding hydrogens is 475 g/mol. The second kappa shape index (κ2) is 9.83. The fourth-order valence-corrected chi connectivity index (χ4v) is 4.64. The van der Waals surface area contributed by atoms with Gasteiger partial charge in [-0.05, 0) is 32.1 Å². The van der Waals surface area contributed by atoms with Crippen LogP contribution in [0.5, 0.6) is 11.5 Å². The van der Waals surface area contributed by atoms with Gasteiger partial charge in [0.25, 0.3) is 5.91 Å². The van der Waals surface area contributed by atoms with Crippen molar-refractivity contribution in [1.29, 1.82) is 0 Å². The standard InChI is InChI=1S/C25H28ClFN4O4/c1-5-19(33)31-10-9-30-12-16-22(25(34)29(4)14(2)3)28-23(20-17(27)7-6-8-18(20)32)21(26)24(16)35-13-15(30)11-31/h5-8,14-15,32H,1,9-13H2,2-4H3/t15-/m1/s1. The van der Waals surface area contributed by atoms with Gasteiger partial charge in [0.05, 0.1) is 11.6 Å². The van der Waals surface area contributed by atoms with Crippen molar-refractivity contribution in [2.24, 2.45) is 0 Å². The maximum Gasteiger partial charge on any atom is 0.272 e. The molecule has 0 spiro atoms. The summed E-state index contributed by atoms with van der Waals surface area (Å²) in [6.45, 7) is 9.33. The van der Waals surface area contributed by atoms with Crippen molar-refractivity contribution in [3.05, 3.63) is 53.0 Å². The predicted octanol–water partition coefficient (Wildman–Crippen LogP) is 3.32. The Morgan fingerprint density at radius 1 is 1.37 bits per heavy atom. The van der Waals surface area contributed by atoms with E-state index in [0.717, 1.165) is 0 Å². The average molecular weight is 503 g/mol. The lowest BCUT2D eigenvalue weighted by atomic mass is 10.0. The van der Waals surface area contributed by atoms with E-state index in [4.69, 9.17) is 16.3 Å². The van der Waals surface area contributed by atoms with E-state index in [-0.39, 0.29) is 64.0 Å².